The monoisotopic (exact) mass is 408 g/mol. The van der Waals surface area contributed by atoms with E-state index >= 15 is 0 Å². The second-order valence-electron chi connectivity index (χ2n) is 8.04. The molecule has 0 bridgehead atoms. The maximum Gasteiger partial charge on any atom is 0.251 e. The number of nitrogens with one attached hydrogen (secondary N) is 2. The number of carbonyl (C=O) groups is 1. The van der Waals surface area contributed by atoms with Gasteiger partial charge in [-0.3, -0.25) is 4.79 Å². The summed E-state index contributed by atoms with van der Waals surface area (Å²) >= 11 is 5.69. The van der Waals surface area contributed by atoms with Gasteiger partial charge < -0.3 is 15.4 Å². The summed E-state index contributed by atoms with van der Waals surface area (Å²) in [5.41, 5.74) is 4.13. The average Bonchev–Trinajstić information content (AvgIpc) is 2.92. The van der Waals surface area contributed by atoms with E-state index in [1.54, 1.807) is 7.11 Å². The van der Waals surface area contributed by atoms with Crippen LogP contribution in [0.25, 0.3) is 0 Å². The zero-order valence-electron chi connectivity index (χ0n) is 16.8. The summed E-state index contributed by atoms with van der Waals surface area (Å²) in [5, 5.41) is 6.51. The lowest BCUT2D eigenvalue weighted by Gasteiger charge is -2.30. The van der Waals surface area contributed by atoms with Crippen LogP contribution in [-0.4, -0.2) is 24.1 Å². The average molecular weight is 409 g/mol. The smallest absolute Gasteiger partial charge is 0.251 e. The highest BCUT2D eigenvalue weighted by molar-refractivity contribution is 7.80. The third kappa shape index (κ3) is 4.68. The molecule has 0 spiro atoms. The van der Waals surface area contributed by atoms with Gasteiger partial charge in [0.25, 0.3) is 5.91 Å². The van der Waals surface area contributed by atoms with Gasteiger partial charge in [-0.15, -0.1) is 0 Å². The molecule has 1 aliphatic heterocycles. The molecule has 5 heteroatoms. The van der Waals surface area contributed by atoms with Crippen molar-refractivity contribution in [3.63, 3.8) is 0 Å². The number of hydrogen-bond acceptors (Lipinski definition) is 3. The molecule has 152 valence electrons. The van der Waals surface area contributed by atoms with Gasteiger partial charge >= 0.3 is 0 Å². The van der Waals surface area contributed by atoms with Crippen LogP contribution in [0.3, 0.4) is 0 Å². The number of carbonyl (C=O) groups excluding carboxylic acids is 1. The van der Waals surface area contributed by atoms with Crippen molar-refractivity contribution in [2.45, 2.75) is 44.6 Å². The van der Waals surface area contributed by atoms with Gasteiger partial charge in [-0.2, -0.15) is 0 Å². The number of para-hydroxylation sites is 1. The number of hydrogen-bond donors (Lipinski definition) is 2. The molecular weight excluding hydrogens is 380 g/mol. The molecule has 4 rings (SSSR count). The van der Waals surface area contributed by atoms with E-state index in [-0.39, 0.29) is 12.0 Å². The Hall–Kier alpha value is -2.24. The summed E-state index contributed by atoms with van der Waals surface area (Å²) in [6.45, 7) is 0. The van der Waals surface area contributed by atoms with E-state index < -0.39 is 0 Å². The summed E-state index contributed by atoms with van der Waals surface area (Å²) in [4.78, 5) is 13.7. The Balaban J connectivity index is 1.32. The molecule has 0 saturated heterocycles. The lowest BCUT2D eigenvalue weighted by atomic mass is 9.77. The number of anilines is 1. The highest BCUT2D eigenvalue weighted by Gasteiger charge is 2.30. The van der Waals surface area contributed by atoms with Gasteiger partial charge in [-0.1, -0.05) is 48.6 Å². The summed E-state index contributed by atoms with van der Waals surface area (Å²) in [6, 6.07) is 8.05. The van der Waals surface area contributed by atoms with Crippen molar-refractivity contribution in [1.82, 2.24) is 5.32 Å². The first-order valence-corrected chi connectivity index (χ1v) is 10.9. The Labute approximate surface area is 178 Å². The standard InChI is InChI=1S/C24H28N2O2S/c1-28-20-13-11-19(12-14-20)25-24(29)18-8-6-16(7-9-18)21-15-10-17-4-2-3-5-22(17)26-23(21)27/h2-5,11-13,15-16,18,20H,6-10,14H2,1H3,(H,25,29)(H,26,27). The van der Waals surface area contributed by atoms with Crippen molar-refractivity contribution in [2.75, 3.05) is 12.4 Å². The quantitative estimate of drug-likeness (QED) is 0.710. The number of methoxy groups -OCH3 is 1. The molecule has 1 amide bonds. The molecule has 1 atom stereocenters. The van der Waals surface area contributed by atoms with Gasteiger partial charge in [0, 0.05) is 30.0 Å². The summed E-state index contributed by atoms with van der Waals surface area (Å²) in [5.74, 6) is 0.756. The molecule has 1 saturated carbocycles. The number of benzene rings is 1. The number of amides is 1. The van der Waals surface area contributed by atoms with Crippen molar-refractivity contribution in [1.29, 1.82) is 0 Å². The van der Waals surface area contributed by atoms with Crippen LogP contribution in [0.1, 0.15) is 37.7 Å². The molecule has 1 aromatic rings. The first-order chi connectivity index (χ1) is 14.1. The van der Waals surface area contributed by atoms with Gasteiger partial charge in [-0.05, 0) is 62.1 Å². The number of rotatable bonds is 4. The molecule has 2 aliphatic carbocycles. The van der Waals surface area contributed by atoms with E-state index in [4.69, 9.17) is 17.0 Å². The van der Waals surface area contributed by atoms with E-state index in [0.29, 0.717) is 11.8 Å². The van der Waals surface area contributed by atoms with Crippen LogP contribution >= 0.6 is 12.2 Å². The van der Waals surface area contributed by atoms with Gasteiger partial charge in [0.1, 0.15) is 0 Å². The predicted octanol–water partition coefficient (Wildman–Crippen LogP) is 4.69. The maximum atomic E-state index is 12.8. The highest BCUT2D eigenvalue weighted by atomic mass is 32.1. The number of fused-ring (bicyclic) bond motifs is 1. The van der Waals surface area contributed by atoms with Crippen molar-refractivity contribution in [3.05, 3.63) is 65.4 Å². The van der Waals surface area contributed by atoms with Crippen LogP contribution in [-0.2, 0) is 16.0 Å². The Morgan fingerprint density at radius 3 is 2.69 bits per heavy atom. The van der Waals surface area contributed by atoms with E-state index in [1.807, 2.05) is 24.3 Å². The fourth-order valence-corrected chi connectivity index (χ4v) is 4.81. The minimum atomic E-state index is 0.0595. The van der Waals surface area contributed by atoms with Crippen LogP contribution < -0.4 is 10.6 Å². The molecule has 3 aliphatic rings. The van der Waals surface area contributed by atoms with Crippen molar-refractivity contribution >= 4 is 28.8 Å². The third-order valence-electron chi connectivity index (χ3n) is 6.24. The van der Waals surface area contributed by atoms with E-state index in [2.05, 4.69) is 34.9 Å². The summed E-state index contributed by atoms with van der Waals surface area (Å²) < 4.78 is 5.34. The Bertz CT molecular complexity index is 879. The first kappa shape index (κ1) is 20.0. The van der Waals surface area contributed by atoms with Crippen LogP contribution in [0.5, 0.6) is 0 Å². The molecule has 1 heterocycles. The fourth-order valence-electron chi connectivity index (χ4n) is 4.46. The molecule has 1 aromatic carbocycles. The van der Waals surface area contributed by atoms with Crippen LogP contribution in [0, 0.1) is 11.8 Å². The maximum absolute atomic E-state index is 12.8. The lowest BCUT2D eigenvalue weighted by molar-refractivity contribution is -0.113. The van der Waals surface area contributed by atoms with Crippen LogP contribution in [0.4, 0.5) is 5.69 Å². The van der Waals surface area contributed by atoms with E-state index in [0.717, 1.165) is 60.5 Å². The van der Waals surface area contributed by atoms with Crippen molar-refractivity contribution in [2.24, 2.45) is 11.8 Å². The van der Waals surface area contributed by atoms with Gasteiger partial charge in [0.05, 0.1) is 11.1 Å². The second kappa shape index (κ2) is 9.06. The molecule has 0 radical (unpaired) electrons. The Morgan fingerprint density at radius 2 is 1.97 bits per heavy atom. The van der Waals surface area contributed by atoms with Gasteiger partial charge in [-0.25, -0.2) is 0 Å². The SMILES string of the molecule is COC1C=CC(NC(=S)C2CCC(C3=CCc4ccccc4NC3=O)CC2)=CC1. The highest BCUT2D eigenvalue weighted by Crippen LogP contribution is 2.36. The number of thiocarbonyl (C=S) groups is 1. The largest absolute Gasteiger partial charge is 0.377 e. The zero-order chi connectivity index (χ0) is 20.2. The molecule has 1 unspecified atom stereocenters. The van der Waals surface area contributed by atoms with Gasteiger partial charge in [0.2, 0.25) is 0 Å². The molecule has 2 N–H and O–H groups in total. The summed E-state index contributed by atoms with van der Waals surface area (Å²) in [6.07, 6.45) is 14.3. The Morgan fingerprint density at radius 1 is 1.17 bits per heavy atom. The number of ether oxygens (including phenoxy) is 1. The van der Waals surface area contributed by atoms with Crippen molar-refractivity contribution < 1.29 is 9.53 Å². The van der Waals surface area contributed by atoms with Crippen molar-refractivity contribution in [3.8, 4) is 0 Å². The minimum absolute atomic E-state index is 0.0595. The number of allylic oxidation sites excluding steroid dienone is 2. The zero-order valence-corrected chi connectivity index (χ0v) is 17.6. The second-order valence-corrected chi connectivity index (χ2v) is 8.48. The molecular formula is C24H28N2O2S. The normalized spacial score (nSPS) is 26.5. The van der Waals surface area contributed by atoms with E-state index in [1.165, 1.54) is 5.56 Å². The fraction of sp³-hybridized carbons (Fsp3) is 0.417. The van der Waals surface area contributed by atoms with Gasteiger partial charge in [0.15, 0.2) is 0 Å². The van der Waals surface area contributed by atoms with Crippen LogP contribution in [0.15, 0.2) is 59.8 Å². The van der Waals surface area contributed by atoms with Crippen LogP contribution in [0.2, 0.25) is 0 Å². The summed E-state index contributed by atoms with van der Waals surface area (Å²) in [7, 11) is 1.73. The minimum Gasteiger partial charge on any atom is -0.377 e. The first-order valence-electron chi connectivity index (χ1n) is 10.5. The molecule has 0 aromatic heterocycles. The Kier molecular flexibility index (Phi) is 6.26. The topological polar surface area (TPSA) is 50.4 Å². The third-order valence-corrected chi connectivity index (χ3v) is 6.67. The molecule has 4 nitrogen and oxygen atoms in total. The predicted molar refractivity (Wildman–Crippen MR) is 121 cm³/mol. The molecule has 1 fully saturated rings. The lowest BCUT2D eigenvalue weighted by Crippen LogP contribution is -2.32. The van der Waals surface area contributed by atoms with E-state index in [9.17, 15) is 4.79 Å². The molecule has 29 heavy (non-hydrogen) atoms.